The third-order valence-electron chi connectivity index (χ3n) is 0.485. The van der Waals surface area contributed by atoms with Crippen LogP contribution in [0.4, 0.5) is 0 Å². The van der Waals surface area contributed by atoms with Gasteiger partial charge in [-0.3, -0.25) is 0 Å². The molecule has 0 aliphatic heterocycles. The predicted molar refractivity (Wildman–Crippen MR) is 36.0 cm³/mol. The summed E-state index contributed by atoms with van der Waals surface area (Å²) < 4.78 is 0.912. The lowest BCUT2D eigenvalue weighted by Crippen LogP contribution is -1.76. The second kappa shape index (κ2) is 3.93. The highest BCUT2D eigenvalue weighted by molar-refractivity contribution is 9.11. The Labute approximate surface area is 52.0 Å². The molecule has 2 N–H and O–H groups in total. The molecule has 40 valence electrons. The van der Waals surface area contributed by atoms with Crippen molar-refractivity contribution in [2.24, 2.45) is 5.73 Å². The smallest absolute Gasteiger partial charge is 0.0326 e. The summed E-state index contributed by atoms with van der Waals surface area (Å²) in [5, 5.41) is 0. The number of rotatable bonds is 1. The molecule has 0 aromatic heterocycles. The highest BCUT2D eigenvalue weighted by Gasteiger charge is 1.73. The van der Waals surface area contributed by atoms with Crippen molar-refractivity contribution in [1.82, 2.24) is 0 Å². The largest absolute Gasteiger partial charge is 0.404 e. The van der Waals surface area contributed by atoms with Gasteiger partial charge in [0.25, 0.3) is 0 Å². The van der Waals surface area contributed by atoms with E-state index >= 15 is 0 Å². The average Bonchev–Trinajstić information content (AvgIpc) is 1.68. The van der Waals surface area contributed by atoms with Crippen LogP contribution in [0.25, 0.3) is 0 Å². The molecule has 0 saturated carbocycles. The monoisotopic (exact) mass is 161 g/mol. The van der Waals surface area contributed by atoms with Gasteiger partial charge in [0.05, 0.1) is 0 Å². The van der Waals surface area contributed by atoms with E-state index in [4.69, 9.17) is 5.73 Å². The molecule has 0 aliphatic carbocycles. The molecule has 0 spiro atoms. The van der Waals surface area contributed by atoms with Gasteiger partial charge in [-0.05, 0) is 22.9 Å². The highest BCUT2D eigenvalue weighted by atomic mass is 79.9. The molecule has 0 rings (SSSR count). The van der Waals surface area contributed by atoms with Crippen LogP contribution in [0.5, 0.6) is 0 Å². The first-order chi connectivity index (χ1) is 3.31. The van der Waals surface area contributed by atoms with Gasteiger partial charge in [0.2, 0.25) is 0 Å². The Hall–Kier alpha value is -0.240. The molecule has 0 amide bonds. The first kappa shape index (κ1) is 6.76. The third kappa shape index (κ3) is 3.59. The van der Waals surface area contributed by atoms with E-state index in [0.29, 0.717) is 0 Å². The standard InChI is InChI=1S/C5H8BrN/c1-2-3-5(6)4-7/h2-4H,7H2,1H3/b3-2-,5-4+. The Kier molecular flexibility index (Phi) is 3.80. The van der Waals surface area contributed by atoms with Gasteiger partial charge < -0.3 is 5.73 Å². The van der Waals surface area contributed by atoms with Crippen LogP contribution in [0.2, 0.25) is 0 Å². The van der Waals surface area contributed by atoms with E-state index in [1.165, 1.54) is 6.20 Å². The van der Waals surface area contributed by atoms with Crippen molar-refractivity contribution >= 4 is 15.9 Å². The Morgan fingerprint density at radius 1 is 1.71 bits per heavy atom. The summed E-state index contributed by atoms with van der Waals surface area (Å²) in [5.74, 6) is 0. The van der Waals surface area contributed by atoms with Crippen molar-refractivity contribution in [3.8, 4) is 0 Å². The molecule has 0 heterocycles. The average molecular weight is 162 g/mol. The zero-order valence-electron chi connectivity index (χ0n) is 4.19. The molecule has 7 heavy (non-hydrogen) atoms. The van der Waals surface area contributed by atoms with E-state index in [2.05, 4.69) is 15.9 Å². The van der Waals surface area contributed by atoms with Crippen molar-refractivity contribution in [3.63, 3.8) is 0 Å². The number of halogens is 1. The van der Waals surface area contributed by atoms with Gasteiger partial charge in [0.15, 0.2) is 0 Å². The van der Waals surface area contributed by atoms with Gasteiger partial charge in [-0.1, -0.05) is 12.2 Å². The molecular weight excluding hydrogens is 154 g/mol. The van der Waals surface area contributed by atoms with Gasteiger partial charge in [-0.15, -0.1) is 0 Å². The fourth-order valence-electron chi connectivity index (χ4n) is 0.215. The summed E-state index contributed by atoms with van der Waals surface area (Å²) >= 11 is 3.19. The van der Waals surface area contributed by atoms with E-state index in [1.807, 2.05) is 19.1 Å². The minimum Gasteiger partial charge on any atom is -0.404 e. The summed E-state index contributed by atoms with van der Waals surface area (Å²) in [6.45, 7) is 1.94. The molecule has 2 heteroatoms. The molecule has 0 unspecified atom stereocenters. The minimum atomic E-state index is 0.912. The second-order valence-corrected chi connectivity index (χ2v) is 1.97. The zero-order valence-corrected chi connectivity index (χ0v) is 5.77. The lowest BCUT2D eigenvalue weighted by Gasteiger charge is -1.78. The summed E-state index contributed by atoms with van der Waals surface area (Å²) in [6, 6.07) is 0. The maximum Gasteiger partial charge on any atom is 0.0326 e. The van der Waals surface area contributed by atoms with E-state index in [-0.39, 0.29) is 0 Å². The number of hydrogen-bond donors (Lipinski definition) is 1. The van der Waals surface area contributed by atoms with Crippen LogP contribution in [0.15, 0.2) is 22.8 Å². The van der Waals surface area contributed by atoms with E-state index < -0.39 is 0 Å². The lowest BCUT2D eigenvalue weighted by atomic mass is 10.5. The third-order valence-corrected chi connectivity index (χ3v) is 1.01. The first-order valence-corrected chi connectivity index (χ1v) is 2.80. The molecule has 0 aliphatic rings. The fraction of sp³-hybridized carbons (Fsp3) is 0.200. The number of hydrogen-bond acceptors (Lipinski definition) is 1. The molecular formula is C5H8BrN. The van der Waals surface area contributed by atoms with Crippen molar-refractivity contribution in [1.29, 1.82) is 0 Å². The minimum absolute atomic E-state index is 0.912. The van der Waals surface area contributed by atoms with Gasteiger partial charge in [0, 0.05) is 10.7 Å². The Bertz CT molecular complexity index is 94.3. The van der Waals surface area contributed by atoms with E-state index in [0.717, 1.165) is 4.48 Å². The van der Waals surface area contributed by atoms with Gasteiger partial charge in [0.1, 0.15) is 0 Å². The van der Waals surface area contributed by atoms with Crippen LogP contribution in [0.1, 0.15) is 6.92 Å². The maximum absolute atomic E-state index is 5.10. The Morgan fingerprint density at radius 3 is 2.43 bits per heavy atom. The van der Waals surface area contributed by atoms with Crippen molar-refractivity contribution in [2.45, 2.75) is 6.92 Å². The van der Waals surface area contributed by atoms with E-state index in [9.17, 15) is 0 Å². The molecule has 0 aromatic rings. The quantitative estimate of drug-likeness (QED) is 0.584. The lowest BCUT2D eigenvalue weighted by molar-refractivity contribution is 1.58. The normalized spacial score (nSPS) is 13.1. The molecule has 0 fully saturated rings. The molecule has 0 saturated heterocycles. The van der Waals surface area contributed by atoms with Gasteiger partial charge >= 0.3 is 0 Å². The molecule has 0 atom stereocenters. The summed E-state index contributed by atoms with van der Waals surface area (Å²) in [5.41, 5.74) is 5.10. The van der Waals surface area contributed by atoms with Crippen LogP contribution in [-0.4, -0.2) is 0 Å². The SMILES string of the molecule is C/C=C\C(Br)=C/N. The molecule has 0 aromatic carbocycles. The van der Waals surface area contributed by atoms with E-state index in [1.54, 1.807) is 0 Å². The van der Waals surface area contributed by atoms with Crippen LogP contribution in [-0.2, 0) is 0 Å². The number of nitrogens with two attached hydrogens (primary N) is 1. The van der Waals surface area contributed by atoms with Crippen LogP contribution in [0, 0.1) is 0 Å². The van der Waals surface area contributed by atoms with Crippen LogP contribution in [0.3, 0.4) is 0 Å². The first-order valence-electron chi connectivity index (χ1n) is 2.01. The number of allylic oxidation sites excluding steroid dienone is 3. The van der Waals surface area contributed by atoms with Crippen molar-refractivity contribution in [2.75, 3.05) is 0 Å². The summed E-state index contributed by atoms with van der Waals surface area (Å²) in [4.78, 5) is 0. The molecule has 0 radical (unpaired) electrons. The predicted octanol–water partition coefficient (Wildman–Crippen LogP) is 1.76. The Morgan fingerprint density at radius 2 is 2.29 bits per heavy atom. The van der Waals surface area contributed by atoms with Gasteiger partial charge in [-0.25, -0.2) is 0 Å². The van der Waals surface area contributed by atoms with Gasteiger partial charge in [-0.2, -0.15) is 0 Å². The molecule has 1 nitrogen and oxygen atoms in total. The highest BCUT2D eigenvalue weighted by Crippen LogP contribution is 2.02. The fourth-order valence-corrected chi connectivity index (χ4v) is 0.479. The maximum atomic E-state index is 5.10. The topological polar surface area (TPSA) is 26.0 Å². The zero-order chi connectivity index (χ0) is 5.70. The van der Waals surface area contributed by atoms with Crippen molar-refractivity contribution < 1.29 is 0 Å². The second-order valence-electron chi connectivity index (χ2n) is 1.05. The van der Waals surface area contributed by atoms with Crippen LogP contribution >= 0.6 is 15.9 Å². The molecule has 0 bridgehead atoms. The van der Waals surface area contributed by atoms with Crippen LogP contribution < -0.4 is 5.73 Å². The van der Waals surface area contributed by atoms with Crippen molar-refractivity contribution in [3.05, 3.63) is 22.8 Å². The summed E-state index contributed by atoms with van der Waals surface area (Å²) in [7, 11) is 0. The Balaban J connectivity index is 3.58. The summed E-state index contributed by atoms with van der Waals surface area (Å²) in [6.07, 6.45) is 5.29.